The number of aromatic amines is 1. The monoisotopic (exact) mass is 1560 g/mol. The number of benzene rings is 11. The third kappa shape index (κ3) is 16.5. The fourth-order valence-electron chi connectivity index (χ4n) is 23.2. The van der Waals surface area contributed by atoms with Crippen LogP contribution in [0.4, 0.5) is 0 Å². The molecule has 12 aromatic rings. The Balaban J connectivity index is 0.000000113. The van der Waals surface area contributed by atoms with E-state index in [9.17, 15) is 0 Å². The topological polar surface area (TPSA) is 15.8 Å². The van der Waals surface area contributed by atoms with Crippen LogP contribution in [0.3, 0.4) is 0 Å². The Bertz CT molecular complexity index is 5440. The van der Waals surface area contributed by atoms with Crippen molar-refractivity contribution < 1.29 is 0 Å². The Hall–Kier alpha value is -8.26. The summed E-state index contributed by atoms with van der Waals surface area (Å²) in [4.78, 5) is 3.73. The summed E-state index contributed by atoms with van der Waals surface area (Å²) in [6.45, 7) is 46.8. The summed E-state index contributed by atoms with van der Waals surface area (Å²) in [5, 5.41) is 10.3. The van der Waals surface area contributed by atoms with Gasteiger partial charge in [-0.25, -0.2) is 0 Å². The Morgan fingerprint density at radius 3 is 0.797 bits per heavy atom. The Kier molecular flexibility index (Phi) is 24.3. The highest BCUT2D eigenvalue weighted by atomic mass is 14.7. The second kappa shape index (κ2) is 34.3. The molecule has 0 spiro atoms. The fraction of sp³-hybridized carbons (Fsp3) is 0.470. The van der Waals surface area contributed by atoms with Crippen LogP contribution in [0.25, 0.3) is 43.2 Å². The van der Waals surface area contributed by atoms with Gasteiger partial charge in [0, 0.05) is 16.6 Å². The summed E-state index contributed by atoms with van der Waals surface area (Å²) in [6, 6.07) is 62.7. The van der Waals surface area contributed by atoms with Crippen molar-refractivity contribution in [3.63, 3.8) is 0 Å². The van der Waals surface area contributed by atoms with Crippen LogP contribution < -0.4 is 0 Å². The number of nitrogens with one attached hydrogen (secondary N) is 1. The van der Waals surface area contributed by atoms with Crippen LogP contribution in [0.5, 0.6) is 0 Å². The highest BCUT2D eigenvalue weighted by molar-refractivity contribution is 5.93. The summed E-state index contributed by atoms with van der Waals surface area (Å²) in [6.07, 6.45) is 27.9. The number of hydrogen-bond donors (Lipinski definition) is 1. The molecule has 0 saturated heterocycles. The van der Waals surface area contributed by atoms with E-state index in [0.29, 0.717) is 47.3 Å². The van der Waals surface area contributed by atoms with Crippen LogP contribution in [-0.2, 0) is 128 Å². The van der Waals surface area contributed by atoms with Crippen LogP contribution in [-0.4, -0.2) is 4.98 Å². The lowest BCUT2D eigenvalue weighted by molar-refractivity contribution is -0.252. The number of H-pyrrole nitrogens is 1. The van der Waals surface area contributed by atoms with E-state index in [4.69, 9.17) is 0 Å². The van der Waals surface area contributed by atoms with E-state index in [2.05, 4.69) is 301 Å². The molecular weight excluding hydrogens is 1420 g/mol. The van der Waals surface area contributed by atoms with E-state index in [1.54, 1.807) is 66.8 Å². The average molecular weight is 1560 g/mol. The maximum Gasteiger partial charge on any atom is 0.0491 e. The number of hydrogen-bond acceptors (Lipinski definition) is 0. The Labute approximate surface area is 713 Å². The molecule has 1 N–H and O–H groups in total. The molecule has 11 aromatic carbocycles. The van der Waals surface area contributed by atoms with Crippen molar-refractivity contribution in [2.45, 2.75) is 333 Å². The van der Waals surface area contributed by atoms with E-state index in [1.807, 2.05) is 0 Å². The second-order valence-corrected chi connectivity index (χ2v) is 41.5. The predicted octanol–water partition coefficient (Wildman–Crippen LogP) is 30.9. The number of fused-ring (bicyclic) bond motifs is 8. The van der Waals surface area contributed by atoms with E-state index in [0.717, 1.165) is 99.7 Å². The lowest BCUT2D eigenvalue weighted by atomic mass is 9.30. The van der Waals surface area contributed by atoms with Gasteiger partial charge in [-0.1, -0.05) is 290 Å². The molecule has 15 aliphatic rings. The number of rotatable bonds is 10. The highest BCUT2D eigenvalue weighted by Gasteiger charge is 2.69. The average Bonchev–Trinajstić information content (AvgIpc) is 0.736. The molecule has 0 aliphatic heterocycles. The first kappa shape index (κ1) is 83.4. The molecule has 0 unspecified atom stereocenters. The molecule has 3 fully saturated rings. The van der Waals surface area contributed by atoms with Gasteiger partial charge in [0.2, 0.25) is 0 Å². The van der Waals surface area contributed by atoms with Crippen LogP contribution in [0, 0.1) is 22.7 Å². The SMILES string of the molecule is CC(C)C12CC(C(C)C)(C1)C2.CC(C)c1c2c3cc4c1CCc1cc(c(c(C(C)C)c1CC4)CC3)CC2.CC(C)c1cc2c3ccc(c2[nH]1)CCc1ccc(c(C(C)C)c1)CC3.CC(C)c1ccc2c3ccc(c2c1)CCc1ccc(c(C(C)C)c1)CC3.CC(C)c1ccc2c3ccc(c2c1)CCc1ccc(c2cc(C(C)C)ccc12)CC3. The van der Waals surface area contributed by atoms with Gasteiger partial charge >= 0.3 is 0 Å². The van der Waals surface area contributed by atoms with Crippen molar-refractivity contribution in [1.82, 2.24) is 4.98 Å². The Morgan fingerprint density at radius 1 is 0.212 bits per heavy atom. The number of aromatic nitrogens is 1. The molecule has 27 rings (SSSR count). The third-order valence-corrected chi connectivity index (χ3v) is 30.8. The van der Waals surface area contributed by atoms with Crippen LogP contribution in [0.2, 0.25) is 0 Å². The summed E-state index contributed by atoms with van der Waals surface area (Å²) < 4.78 is 0. The zero-order chi connectivity index (χ0) is 82.9. The van der Waals surface area contributed by atoms with E-state index < -0.39 is 0 Å². The number of aryl methyl sites for hydroxylation is 16. The minimum atomic E-state index is 0.541. The van der Waals surface area contributed by atoms with Gasteiger partial charge in [0.1, 0.15) is 0 Å². The largest absolute Gasteiger partial charge is 0.358 e. The molecule has 1 heteroatoms. The molecule has 1 nitrogen and oxygen atoms in total. The van der Waals surface area contributed by atoms with Crippen molar-refractivity contribution in [3.05, 3.63) is 314 Å². The van der Waals surface area contributed by atoms with Crippen molar-refractivity contribution in [2.24, 2.45) is 22.7 Å². The minimum absolute atomic E-state index is 0.541. The predicted molar refractivity (Wildman–Crippen MR) is 511 cm³/mol. The van der Waals surface area contributed by atoms with E-state index in [-0.39, 0.29) is 0 Å². The normalized spacial score (nSPS) is 18.1. The van der Waals surface area contributed by atoms with Gasteiger partial charge in [-0.15, -0.1) is 0 Å². The lowest BCUT2D eigenvalue weighted by Gasteiger charge is -2.75. The van der Waals surface area contributed by atoms with Crippen LogP contribution in [0.1, 0.15) is 361 Å². The second-order valence-electron chi connectivity index (χ2n) is 41.5. The van der Waals surface area contributed by atoms with Crippen molar-refractivity contribution in [3.8, 4) is 0 Å². The fourth-order valence-corrected chi connectivity index (χ4v) is 23.2. The summed E-state index contributed by atoms with van der Waals surface area (Å²) in [5.74, 6) is 6.62. The maximum absolute atomic E-state index is 3.73. The van der Waals surface area contributed by atoms with Gasteiger partial charge in [-0.05, 0) is 406 Å². The Morgan fingerprint density at radius 2 is 0.492 bits per heavy atom. The van der Waals surface area contributed by atoms with Gasteiger partial charge in [-0.2, -0.15) is 0 Å². The van der Waals surface area contributed by atoms with Gasteiger partial charge in [0.25, 0.3) is 0 Å². The molecule has 0 atom stereocenters. The molecule has 616 valence electrons. The molecule has 118 heavy (non-hydrogen) atoms. The van der Waals surface area contributed by atoms with Crippen molar-refractivity contribution >= 4 is 43.2 Å². The van der Waals surface area contributed by atoms with Crippen molar-refractivity contribution in [1.29, 1.82) is 0 Å². The molecule has 15 aliphatic carbocycles. The molecular formula is C117H143N. The molecule has 1 heterocycles. The smallest absolute Gasteiger partial charge is 0.0491 e. The summed E-state index contributed by atoms with van der Waals surface area (Å²) in [5.41, 5.74) is 46.8. The maximum atomic E-state index is 3.73. The van der Waals surface area contributed by atoms with Gasteiger partial charge in [0.15, 0.2) is 0 Å². The molecule has 0 radical (unpaired) electrons. The zero-order valence-corrected chi connectivity index (χ0v) is 76.5. The lowest BCUT2D eigenvalue weighted by Crippen LogP contribution is -2.66. The van der Waals surface area contributed by atoms with Gasteiger partial charge < -0.3 is 4.98 Å². The summed E-state index contributed by atoms with van der Waals surface area (Å²) in [7, 11) is 0. The molecule has 3 saturated carbocycles. The van der Waals surface area contributed by atoms with Crippen molar-refractivity contribution in [2.75, 3.05) is 0 Å². The van der Waals surface area contributed by atoms with Crippen LogP contribution in [0.15, 0.2) is 158 Å². The first-order chi connectivity index (χ1) is 56.6. The first-order valence-corrected chi connectivity index (χ1v) is 47.4. The third-order valence-electron chi connectivity index (χ3n) is 30.8. The molecule has 14 bridgehead atoms. The summed E-state index contributed by atoms with van der Waals surface area (Å²) >= 11 is 0. The zero-order valence-electron chi connectivity index (χ0n) is 76.5. The quantitative estimate of drug-likeness (QED) is 0.140. The standard InChI is InChI=1S/C30H32.C26H32.C26H30.C24H29N.C11H20/c1-19(2)25-13-15-27-21-5-9-23(29(27)17-25)11-7-22-6-10-24(12-8-21)30-18-26(20(3)4)14-16-28(22)30;1-15(2)25-21-9-5-19-14-20-6-10-22(25)18-8-12-24(20)26(16(3)4)23(19)11-7-17(21)13-18;1-17(2)23-13-14-24-20-9-11-21-7-5-19(15-25(21)18(3)4)6-8-22(12-10-20)26(24)16-23;1-15(2)21-13-17-5-7-18(21)9-10-19-11-12-20(8-6-17)24-22(19)14-23(25-24)16(3)4;1-8(2)10-5-11(6-10,7-10)9(3)4/h5-6,9-10,13-20H,7-8,11-12H2,1-4H3;13-16H,5-12H2,1-4H3;5,7,10,12-18H,6,8-9,11H2,1-4H3;5,7,11-16,25H,6,8-10H2,1-4H3;8-9H,5-7H2,1-4H3. The van der Waals surface area contributed by atoms with E-state index >= 15 is 0 Å². The van der Waals surface area contributed by atoms with Gasteiger partial charge in [0.05, 0.1) is 0 Å². The minimum Gasteiger partial charge on any atom is -0.358 e. The van der Waals surface area contributed by atoms with E-state index in [1.165, 1.54) is 203 Å². The van der Waals surface area contributed by atoms with Gasteiger partial charge in [-0.3, -0.25) is 0 Å². The highest BCUT2D eigenvalue weighted by Crippen LogP contribution is 2.78. The molecule has 0 amide bonds. The van der Waals surface area contributed by atoms with Crippen LogP contribution >= 0.6 is 0 Å². The first-order valence-electron chi connectivity index (χ1n) is 47.4. The molecule has 1 aromatic heterocycles.